The van der Waals surface area contributed by atoms with Crippen LogP contribution in [0.4, 0.5) is 0 Å². The molecule has 0 spiro atoms. The Bertz CT molecular complexity index is 411. The van der Waals surface area contributed by atoms with Gasteiger partial charge in [0.1, 0.15) is 6.73 Å². The van der Waals surface area contributed by atoms with Crippen LogP contribution in [-0.4, -0.2) is 27.9 Å². The largest absolute Gasteiger partial charge is 0.394 e. The maximum Gasteiger partial charge on any atom is 0.124 e. The highest BCUT2D eigenvalue weighted by Crippen LogP contribution is 2.11. The van der Waals surface area contributed by atoms with Crippen molar-refractivity contribution in [3.63, 3.8) is 0 Å². The highest BCUT2D eigenvalue weighted by atomic mass is 16.5. The maximum atomic E-state index is 8.56. The van der Waals surface area contributed by atoms with Crippen molar-refractivity contribution in [3.8, 4) is 0 Å². The lowest BCUT2D eigenvalue weighted by Gasteiger charge is -2.03. The normalized spacial score (nSPS) is 10.9. The minimum atomic E-state index is 0.0482. The number of aliphatic hydroxyl groups is 1. The predicted molar refractivity (Wildman–Crippen MR) is 52.8 cm³/mol. The summed E-state index contributed by atoms with van der Waals surface area (Å²) in [5.41, 5.74) is 2.01. The van der Waals surface area contributed by atoms with Gasteiger partial charge in [0.05, 0.1) is 30.6 Å². The fourth-order valence-corrected chi connectivity index (χ4v) is 1.34. The second kappa shape index (κ2) is 4.21. The van der Waals surface area contributed by atoms with Crippen LogP contribution in [0.1, 0.15) is 0 Å². The van der Waals surface area contributed by atoms with E-state index in [0.717, 1.165) is 11.0 Å². The fraction of sp³-hybridized carbons (Fsp3) is 0.300. The molecule has 0 aliphatic carbocycles. The Labute approximate surface area is 81.8 Å². The SMILES string of the molecule is OCCOCn1cnc2ccccc21. The van der Waals surface area contributed by atoms with E-state index in [1.54, 1.807) is 6.33 Å². The van der Waals surface area contributed by atoms with Gasteiger partial charge < -0.3 is 14.4 Å². The van der Waals surface area contributed by atoms with Gasteiger partial charge in [-0.3, -0.25) is 0 Å². The summed E-state index contributed by atoms with van der Waals surface area (Å²) in [6.07, 6.45) is 1.74. The zero-order valence-corrected chi connectivity index (χ0v) is 7.76. The van der Waals surface area contributed by atoms with Crippen LogP contribution in [0.25, 0.3) is 11.0 Å². The molecule has 14 heavy (non-hydrogen) atoms. The van der Waals surface area contributed by atoms with Gasteiger partial charge >= 0.3 is 0 Å². The molecule has 0 radical (unpaired) electrons. The van der Waals surface area contributed by atoms with E-state index in [2.05, 4.69) is 4.98 Å². The fourth-order valence-electron chi connectivity index (χ4n) is 1.34. The van der Waals surface area contributed by atoms with Crippen LogP contribution in [0.2, 0.25) is 0 Å². The highest BCUT2D eigenvalue weighted by Gasteiger charge is 1.99. The summed E-state index contributed by atoms with van der Waals surface area (Å²) in [6.45, 7) is 0.834. The van der Waals surface area contributed by atoms with Crippen molar-refractivity contribution < 1.29 is 9.84 Å². The summed E-state index contributed by atoms with van der Waals surface area (Å²) < 4.78 is 7.12. The van der Waals surface area contributed by atoms with Gasteiger partial charge in [0, 0.05) is 0 Å². The van der Waals surface area contributed by atoms with E-state index in [0.29, 0.717) is 13.3 Å². The molecule has 0 aliphatic heterocycles. The first kappa shape index (κ1) is 9.18. The molecule has 4 heteroatoms. The molecule has 1 aromatic carbocycles. The maximum absolute atomic E-state index is 8.56. The number of benzene rings is 1. The number of ether oxygens (including phenoxy) is 1. The molecule has 0 amide bonds. The first-order chi connectivity index (χ1) is 6.92. The second-order valence-corrected chi connectivity index (χ2v) is 2.96. The first-order valence-corrected chi connectivity index (χ1v) is 4.50. The van der Waals surface area contributed by atoms with Gasteiger partial charge in [-0.15, -0.1) is 0 Å². The lowest BCUT2D eigenvalue weighted by atomic mass is 10.3. The number of hydrogen-bond acceptors (Lipinski definition) is 3. The third kappa shape index (κ3) is 1.76. The summed E-state index contributed by atoms with van der Waals surface area (Å²) in [7, 11) is 0. The molecule has 0 bridgehead atoms. The highest BCUT2D eigenvalue weighted by molar-refractivity contribution is 5.74. The van der Waals surface area contributed by atoms with Crippen LogP contribution in [0, 0.1) is 0 Å². The second-order valence-electron chi connectivity index (χ2n) is 2.96. The summed E-state index contributed by atoms with van der Waals surface area (Å²) in [6, 6.07) is 7.86. The monoisotopic (exact) mass is 192 g/mol. The van der Waals surface area contributed by atoms with Crippen LogP contribution in [-0.2, 0) is 11.5 Å². The zero-order chi connectivity index (χ0) is 9.80. The van der Waals surface area contributed by atoms with Gasteiger partial charge in [0.15, 0.2) is 0 Å². The Morgan fingerprint density at radius 3 is 3.07 bits per heavy atom. The van der Waals surface area contributed by atoms with Crippen LogP contribution >= 0.6 is 0 Å². The van der Waals surface area contributed by atoms with Crippen molar-refractivity contribution in [1.29, 1.82) is 0 Å². The van der Waals surface area contributed by atoms with Gasteiger partial charge in [-0.25, -0.2) is 4.98 Å². The molecule has 1 N–H and O–H groups in total. The number of hydrogen-bond donors (Lipinski definition) is 1. The van der Waals surface area contributed by atoms with Crippen molar-refractivity contribution in [2.24, 2.45) is 0 Å². The van der Waals surface area contributed by atoms with Gasteiger partial charge in [-0.05, 0) is 12.1 Å². The number of aliphatic hydroxyl groups excluding tert-OH is 1. The van der Waals surface area contributed by atoms with E-state index in [1.165, 1.54) is 0 Å². The molecule has 1 heterocycles. The third-order valence-electron chi connectivity index (χ3n) is 1.99. The van der Waals surface area contributed by atoms with E-state index in [-0.39, 0.29) is 6.61 Å². The molecule has 4 nitrogen and oxygen atoms in total. The molecule has 1 aromatic heterocycles. The molecule has 0 saturated heterocycles. The molecule has 0 atom stereocenters. The molecule has 74 valence electrons. The molecular formula is C10H12N2O2. The summed E-state index contributed by atoms with van der Waals surface area (Å²) in [5.74, 6) is 0. The number of para-hydroxylation sites is 2. The smallest absolute Gasteiger partial charge is 0.124 e. The number of aromatic nitrogens is 2. The van der Waals surface area contributed by atoms with Gasteiger partial charge in [0.25, 0.3) is 0 Å². The third-order valence-corrected chi connectivity index (χ3v) is 1.99. The van der Waals surface area contributed by atoms with Crippen LogP contribution in [0.15, 0.2) is 30.6 Å². The molecule has 0 aliphatic rings. The predicted octanol–water partition coefficient (Wildman–Crippen LogP) is 1.00. The Hall–Kier alpha value is -1.39. The Balaban J connectivity index is 2.17. The minimum absolute atomic E-state index is 0.0482. The lowest BCUT2D eigenvalue weighted by Crippen LogP contribution is -2.04. The Kier molecular flexibility index (Phi) is 2.76. The number of imidazole rings is 1. The van der Waals surface area contributed by atoms with E-state index in [1.807, 2.05) is 28.8 Å². The van der Waals surface area contributed by atoms with Crippen molar-refractivity contribution >= 4 is 11.0 Å². The van der Waals surface area contributed by atoms with Crippen LogP contribution in [0.3, 0.4) is 0 Å². The van der Waals surface area contributed by atoms with Crippen molar-refractivity contribution in [2.45, 2.75) is 6.73 Å². The summed E-state index contributed by atoms with van der Waals surface area (Å²) in [4.78, 5) is 4.22. The van der Waals surface area contributed by atoms with Gasteiger partial charge in [0.2, 0.25) is 0 Å². The Morgan fingerprint density at radius 2 is 2.21 bits per heavy atom. The van der Waals surface area contributed by atoms with Crippen LogP contribution < -0.4 is 0 Å². The van der Waals surface area contributed by atoms with Crippen LogP contribution in [0.5, 0.6) is 0 Å². The summed E-state index contributed by atoms with van der Waals surface area (Å²) in [5, 5.41) is 8.56. The van der Waals surface area contributed by atoms with Gasteiger partial charge in [-0.2, -0.15) is 0 Å². The quantitative estimate of drug-likeness (QED) is 0.735. The molecule has 0 saturated carbocycles. The van der Waals surface area contributed by atoms with E-state index < -0.39 is 0 Å². The standard InChI is InChI=1S/C10H12N2O2/c13-5-6-14-8-12-7-11-9-3-1-2-4-10(9)12/h1-4,7,13H,5-6,8H2. The molecule has 0 unspecified atom stereocenters. The van der Waals surface area contributed by atoms with Crippen molar-refractivity contribution in [2.75, 3.05) is 13.2 Å². The topological polar surface area (TPSA) is 47.3 Å². The van der Waals surface area contributed by atoms with Gasteiger partial charge in [-0.1, -0.05) is 12.1 Å². The zero-order valence-electron chi connectivity index (χ0n) is 7.76. The molecule has 2 aromatic rings. The number of rotatable bonds is 4. The molecule has 0 fully saturated rings. The number of fused-ring (bicyclic) bond motifs is 1. The average molecular weight is 192 g/mol. The lowest BCUT2D eigenvalue weighted by molar-refractivity contribution is 0.0501. The Morgan fingerprint density at radius 1 is 1.36 bits per heavy atom. The minimum Gasteiger partial charge on any atom is -0.394 e. The van der Waals surface area contributed by atoms with E-state index in [9.17, 15) is 0 Å². The molecule has 2 rings (SSSR count). The van der Waals surface area contributed by atoms with E-state index in [4.69, 9.17) is 9.84 Å². The molecular weight excluding hydrogens is 180 g/mol. The summed E-state index contributed by atoms with van der Waals surface area (Å²) >= 11 is 0. The van der Waals surface area contributed by atoms with Crippen molar-refractivity contribution in [1.82, 2.24) is 9.55 Å². The van der Waals surface area contributed by atoms with Crippen molar-refractivity contribution in [3.05, 3.63) is 30.6 Å². The number of nitrogens with zero attached hydrogens (tertiary/aromatic N) is 2. The first-order valence-electron chi connectivity index (χ1n) is 4.50. The van der Waals surface area contributed by atoms with E-state index >= 15 is 0 Å². The average Bonchev–Trinajstić information content (AvgIpc) is 2.63.